The fourth-order valence-electron chi connectivity index (χ4n) is 1.77. The van der Waals surface area contributed by atoms with Gasteiger partial charge in [-0.3, -0.25) is 9.59 Å². The van der Waals surface area contributed by atoms with Crippen LogP contribution in [0, 0.1) is 5.92 Å². The summed E-state index contributed by atoms with van der Waals surface area (Å²) in [6.45, 7) is 7.41. The topological polar surface area (TPSA) is 93.5 Å². The Kier molecular flexibility index (Phi) is 7.51. The monoisotopic (exact) mass is 385 g/mol. The molecule has 0 heterocycles. The predicted octanol–water partition coefficient (Wildman–Crippen LogP) is 2.27. The van der Waals surface area contributed by atoms with Crippen molar-refractivity contribution in [3.63, 3.8) is 0 Å². The molecule has 4 N–H and O–H groups in total. The van der Waals surface area contributed by atoms with Gasteiger partial charge in [-0.1, -0.05) is 29.8 Å². The second-order valence-corrected chi connectivity index (χ2v) is 6.79. The van der Waals surface area contributed by atoms with Gasteiger partial charge in [0.25, 0.3) is 0 Å². The van der Waals surface area contributed by atoms with Crippen molar-refractivity contribution in [3.8, 4) is 5.75 Å². The summed E-state index contributed by atoms with van der Waals surface area (Å²) in [7, 11) is 0. The number of anilines is 1. The third kappa shape index (κ3) is 7.00. The zero-order chi connectivity index (χ0) is 17.6. The molecule has 2 amide bonds. The summed E-state index contributed by atoms with van der Waals surface area (Å²) in [6.07, 6.45) is 0.0321. The van der Waals surface area contributed by atoms with E-state index >= 15 is 0 Å². The molecule has 0 bridgehead atoms. The van der Waals surface area contributed by atoms with Gasteiger partial charge >= 0.3 is 0 Å². The molecule has 0 aliphatic heterocycles. The van der Waals surface area contributed by atoms with Gasteiger partial charge in [0.1, 0.15) is 5.75 Å². The average Bonchev–Trinajstić information content (AvgIpc) is 2.42. The molecule has 0 radical (unpaired) electrons. The molecule has 0 aliphatic rings. The van der Waals surface area contributed by atoms with Gasteiger partial charge in [-0.25, -0.2) is 0 Å². The van der Waals surface area contributed by atoms with Gasteiger partial charge in [0.05, 0.1) is 18.7 Å². The first-order valence-electron chi connectivity index (χ1n) is 7.49. The van der Waals surface area contributed by atoms with E-state index in [1.54, 1.807) is 12.1 Å². The molecule has 128 valence electrons. The molecule has 1 atom stereocenters. The Morgan fingerprint density at radius 2 is 1.87 bits per heavy atom. The molecular weight excluding hydrogens is 362 g/mol. The minimum absolute atomic E-state index is 0.0129. The highest BCUT2D eigenvalue weighted by Gasteiger charge is 2.17. The summed E-state index contributed by atoms with van der Waals surface area (Å²) in [4.78, 5) is 23.7. The zero-order valence-electron chi connectivity index (χ0n) is 13.9. The largest absolute Gasteiger partial charge is 0.491 e. The highest BCUT2D eigenvalue weighted by Crippen LogP contribution is 2.25. The fraction of sp³-hybridized carbons (Fsp3) is 0.500. The molecule has 6 nitrogen and oxygen atoms in total. The predicted molar refractivity (Wildman–Crippen MR) is 94.4 cm³/mol. The van der Waals surface area contributed by atoms with E-state index in [9.17, 15) is 9.59 Å². The molecule has 7 heteroatoms. The number of carbonyl (C=O) groups excluding carboxylic acids is 2. The van der Waals surface area contributed by atoms with E-state index in [0.717, 1.165) is 4.47 Å². The maximum absolute atomic E-state index is 11.9. The van der Waals surface area contributed by atoms with Gasteiger partial charge in [0, 0.05) is 16.2 Å². The van der Waals surface area contributed by atoms with Gasteiger partial charge < -0.3 is 21.1 Å². The first kappa shape index (κ1) is 19.4. The van der Waals surface area contributed by atoms with Crippen LogP contribution < -0.4 is 21.1 Å². The fourth-order valence-corrected chi connectivity index (χ4v) is 2.24. The second kappa shape index (κ2) is 8.88. The van der Waals surface area contributed by atoms with Crippen LogP contribution in [-0.2, 0) is 9.59 Å². The number of ether oxygens (including phenoxy) is 1. The summed E-state index contributed by atoms with van der Waals surface area (Å²) in [6, 6.07) is 4.68. The number of hydrogen-bond donors (Lipinski definition) is 3. The minimum atomic E-state index is -0.625. The lowest BCUT2D eigenvalue weighted by Gasteiger charge is -2.15. The average molecular weight is 386 g/mol. The first-order valence-corrected chi connectivity index (χ1v) is 8.28. The molecule has 0 aromatic heterocycles. The number of rotatable bonds is 7. The number of halogens is 1. The Morgan fingerprint density at radius 3 is 2.43 bits per heavy atom. The molecule has 1 aromatic carbocycles. The summed E-state index contributed by atoms with van der Waals surface area (Å²) in [5.41, 5.74) is 6.30. The van der Waals surface area contributed by atoms with E-state index < -0.39 is 6.04 Å². The van der Waals surface area contributed by atoms with Crippen LogP contribution in [0.25, 0.3) is 0 Å². The number of nitrogens with two attached hydrogens (primary N) is 1. The quantitative estimate of drug-likeness (QED) is 0.670. The number of hydrogen-bond acceptors (Lipinski definition) is 4. The van der Waals surface area contributed by atoms with Crippen molar-refractivity contribution in [1.29, 1.82) is 0 Å². The van der Waals surface area contributed by atoms with E-state index in [4.69, 9.17) is 10.5 Å². The molecule has 0 aliphatic carbocycles. The van der Waals surface area contributed by atoms with Crippen LogP contribution in [0.2, 0.25) is 0 Å². The van der Waals surface area contributed by atoms with Gasteiger partial charge in [0.2, 0.25) is 11.8 Å². The van der Waals surface area contributed by atoms with Gasteiger partial charge in [-0.15, -0.1) is 0 Å². The van der Waals surface area contributed by atoms with Crippen LogP contribution >= 0.6 is 15.9 Å². The normalized spacial score (nSPS) is 12.2. The highest BCUT2D eigenvalue weighted by atomic mass is 79.9. The molecular formula is C16H24BrN3O3. The third-order valence-electron chi connectivity index (χ3n) is 2.97. The van der Waals surface area contributed by atoms with Crippen LogP contribution in [0.4, 0.5) is 5.69 Å². The molecule has 0 fully saturated rings. The lowest BCUT2D eigenvalue weighted by molar-refractivity contribution is -0.125. The van der Waals surface area contributed by atoms with Crippen molar-refractivity contribution in [2.75, 3.05) is 11.9 Å². The van der Waals surface area contributed by atoms with Gasteiger partial charge in [-0.05, 0) is 31.9 Å². The Bertz CT molecular complexity index is 562. The van der Waals surface area contributed by atoms with Gasteiger partial charge in [-0.2, -0.15) is 0 Å². The SMILES string of the molecule is CC(C)Oc1cc(Br)cc(NC(=O)CNC(=O)[C@@H](N)C(C)C)c1. The molecule has 0 saturated carbocycles. The third-order valence-corrected chi connectivity index (χ3v) is 3.43. The summed E-state index contributed by atoms with van der Waals surface area (Å²) in [5, 5.41) is 5.24. The Balaban J connectivity index is 2.60. The highest BCUT2D eigenvalue weighted by molar-refractivity contribution is 9.10. The summed E-state index contributed by atoms with van der Waals surface area (Å²) >= 11 is 3.37. The van der Waals surface area contributed by atoms with Crippen molar-refractivity contribution in [3.05, 3.63) is 22.7 Å². The molecule has 0 saturated heterocycles. The number of amides is 2. The van der Waals surface area contributed by atoms with Crippen molar-refractivity contribution < 1.29 is 14.3 Å². The van der Waals surface area contributed by atoms with Crippen molar-refractivity contribution in [1.82, 2.24) is 5.32 Å². The molecule has 1 rings (SSSR count). The van der Waals surface area contributed by atoms with E-state index in [1.165, 1.54) is 0 Å². The maximum atomic E-state index is 11.9. The van der Waals surface area contributed by atoms with Crippen LogP contribution in [0.15, 0.2) is 22.7 Å². The lowest BCUT2D eigenvalue weighted by Crippen LogP contribution is -2.46. The van der Waals surface area contributed by atoms with Crippen LogP contribution in [0.3, 0.4) is 0 Å². The van der Waals surface area contributed by atoms with Crippen molar-refractivity contribution >= 4 is 33.4 Å². The molecule has 23 heavy (non-hydrogen) atoms. The van der Waals surface area contributed by atoms with Gasteiger partial charge in [0.15, 0.2) is 0 Å². The summed E-state index contributed by atoms with van der Waals surface area (Å²) < 4.78 is 6.39. The van der Waals surface area contributed by atoms with Crippen LogP contribution in [-0.4, -0.2) is 30.5 Å². The number of benzene rings is 1. The zero-order valence-corrected chi connectivity index (χ0v) is 15.4. The molecule has 1 aromatic rings. The Morgan fingerprint density at radius 1 is 1.22 bits per heavy atom. The molecule has 0 spiro atoms. The molecule has 0 unspecified atom stereocenters. The Labute approximate surface area is 145 Å². The van der Waals surface area contributed by atoms with E-state index in [1.807, 2.05) is 33.8 Å². The minimum Gasteiger partial charge on any atom is -0.491 e. The van der Waals surface area contributed by atoms with Crippen LogP contribution in [0.5, 0.6) is 5.75 Å². The van der Waals surface area contributed by atoms with Crippen LogP contribution in [0.1, 0.15) is 27.7 Å². The number of carbonyl (C=O) groups is 2. The second-order valence-electron chi connectivity index (χ2n) is 5.88. The van der Waals surface area contributed by atoms with Crippen molar-refractivity contribution in [2.24, 2.45) is 11.7 Å². The summed E-state index contributed by atoms with van der Waals surface area (Å²) in [5.74, 6) is -0.00875. The van der Waals surface area contributed by atoms with Crippen molar-refractivity contribution in [2.45, 2.75) is 39.8 Å². The maximum Gasteiger partial charge on any atom is 0.243 e. The smallest absolute Gasteiger partial charge is 0.243 e. The van der Waals surface area contributed by atoms with E-state index in [0.29, 0.717) is 11.4 Å². The van der Waals surface area contributed by atoms with E-state index in [2.05, 4.69) is 26.6 Å². The van der Waals surface area contributed by atoms with E-state index in [-0.39, 0.29) is 30.4 Å². The lowest BCUT2D eigenvalue weighted by atomic mass is 10.1. The first-order chi connectivity index (χ1) is 10.7. The Hall–Kier alpha value is -1.60. The standard InChI is InChI=1S/C16H24BrN3O3/c1-9(2)15(18)16(22)19-8-14(21)20-12-5-11(17)6-13(7-12)23-10(3)4/h5-7,9-10,15H,8,18H2,1-4H3,(H,19,22)(H,20,21)/t15-/m0/s1. The number of nitrogens with one attached hydrogen (secondary N) is 2.